The topological polar surface area (TPSA) is 52.1 Å². The number of ether oxygens (including phenoxy) is 1. The fourth-order valence-electron chi connectivity index (χ4n) is 1.48. The Labute approximate surface area is 110 Å². The minimum atomic E-state index is -0.0433. The Morgan fingerprint density at radius 1 is 1.33 bits per heavy atom. The summed E-state index contributed by atoms with van der Waals surface area (Å²) in [5.74, 6) is -0.0433. The first-order valence-electron chi connectivity index (χ1n) is 5.34. The van der Waals surface area contributed by atoms with Crippen LogP contribution in [0.15, 0.2) is 36.5 Å². The molecule has 4 nitrogen and oxygen atoms in total. The van der Waals surface area contributed by atoms with Crippen LogP contribution in [0, 0.1) is 0 Å². The Kier molecular flexibility index (Phi) is 3.89. The summed E-state index contributed by atoms with van der Waals surface area (Å²) >= 11 is 5.95. The van der Waals surface area contributed by atoms with Gasteiger partial charge in [0.2, 0.25) is 0 Å². The molecule has 0 saturated heterocycles. The van der Waals surface area contributed by atoms with Gasteiger partial charge in [-0.3, -0.25) is 4.79 Å². The number of methoxy groups -OCH3 is 1. The lowest BCUT2D eigenvalue weighted by Gasteiger charge is -2.04. The standard InChI is InChI=1S/C13H11ClN2O2/c1-18-13-15-8-10(14)11(16-13)7-12(17)9-5-3-2-4-6-9/h2-6,8H,7H2,1H3. The first-order chi connectivity index (χ1) is 8.70. The summed E-state index contributed by atoms with van der Waals surface area (Å²) in [7, 11) is 1.46. The number of nitrogens with zero attached hydrogens (tertiary/aromatic N) is 2. The molecule has 0 bridgehead atoms. The second-order valence-electron chi connectivity index (χ2n) is 3.62. The van der Waals surface area contributed by atoms with Crippen LogP contribution in [0.4, 0.5) is 0 Å². The average molecular weight is 263 g/mol. The summed E-state index contributed by atoms with van der Waals surface area (Å²) in [5, 5.41) is 0.361. The minimum Gasteiger partial charge on any atom is -0.467 e. The van der Waals surface area contributed by atoms with E-state index in [0.29, 0.717) is 16.3 Å². The number of rotatable bonds is 4. The number of ketones is 1. The van der Waals surface area contributed by atoms with E-state index in [0.717, 1.165) is 0 Å². The number of carbonyl (C=O) groups excluding carboxylic acids is 1. The maximum atomic E-state index is 12.0. The molecular weight excluding hydrogens is 252 g/mol. The molecule has 0 fully saturated rings. The van der Waals surface area contributed by atoms with Gasteiger partial charge in [0.05, 0.1) is 30.4 Å². The van der Waals surface area contributed by atoms with Gasteiger partial charge in [-0.05, 0) is 0 Å². The van der Waals surface area contributed by atoms with E-state index in [4.69, 9.17) is 16.3 Å². The van der Waals surface area contributed by atoms with Crippen molar-refractivity contribution in [2.75, 3.05) is 7.11 Å². The average Bonchev–Trinajstić information content (AvgIpc) is 2.42. The van der Waals surface area contributed by atoms with Crippen LogP contribution in [0.3, 0.4) is 0 Å². The van der Waals surface area contributed by atoms with Crippen LogP contribution in [-0.4, -0.2) is 22.9 Å². The monoisotopic (exact) mass is 262 g/mol. The van der Waals surface area contributed by atoms with Gasteiger partial charge in [0.25, 0.3) is 0 Å². The van der Waals surface area contributed by atoms with Crippen LogP contribution >= 0.6 is 11.6 Å². The molecule has 1 aromatic carbocycles. The Balaban J connectivity index is 2.21. The van der Waals surface area contributed by atoms with Gasteiger partial charge in [-0.2, -0.15) is 4.98 Å². The third kappa shape index (κ3) is 2.84. The Bertz CT molecular complexity index is 558. The lowest BCUT2D eigenvalue weighted by atomic mass is 10.1. The van der Waals surface area contributed by atoms with Crippen molar-refractivity contribution >= 4 is 17.4 Å². The van der Waals surface area contributed by atoms with Gasteiger partial charge in [0.1, 0.15) is 0 Å². The molecular formula is C13H11ClN2O2. The molecule has 92 valence electrons. The smallest absolute Gasteiger partial charge is 0.316 e. The molecule has 1 heterocycles. The molecule has 18 heavy (non-hydrogen) atoms. The van der Waals surface area contributed by atoms with Gasteiger partial charge in [0.15, 0.2) is 5.78 Å². The van der Waals surface area contributed by atoms with Gasteiger partial charge in [0, 0.05) is 5.56 Å². The predicted molar refractivity (Wildman–Crippen MR) is 68.1 cm³/mol. The first kappa shape index (κ1) is 12.5. The van der Waals surface area contributed by atoms with Crippen molar-refractivity contribution in [2.24, 2.45) is 0 Å². The molecule has 0 aliphatic heterocycles. The largest absolute Gasteiger partial charge is 0.467 e. The van der Waals surface area contributed by atoms with Crippen LogP contribution in [-0.2, 0) is 6.42 Å². The lowest BCUT2D eigenvalue weighted by molar-refractivity contribution is 0.0992. The van der Waals surface area contributed by atoms with E-state index < -0.39 is 0 Å². The molecule has 2 aromatic rings. The van der Waals surface area contributed by atoms with Crippen LogP contribution < -0.4 is 4.74 Å². The zero-order valence-corrected chi connectivity index (χ0v) is 10.5. The Morgan fingerprint density at radius 3 is 2.72 bits per heavy atom. The van der Waals surface area contributed by atoms with Crippen molar-refractivity contribution in [1.29, 1.82) is 0 Å². The van der Waals surface area contributed by atoms with E-state index in [9.17, 15) is 4.79 Å². The van der Waals surface area contributed by atoms with Gasteiger partial charge in [-0.25, -0.2) is 4.98 Å². The van der Waals surface area contributed by atoms with Crippen molar-refractivity contribution in [1.82, 2.24) is 9.97 Å². The van der Waals surface area contributed by atoms with E-state index in [1.165, 1.54) is 13.3 Å². The Morgan fingerprint density at radius 2 is 2.06 bits per heavy atom. The normalized spacial score (nSPS) is 10.1. The third-order valence-electron chi connectivity index (χ3n) is 2.40. The molecule has 0 aliphatic carbocycles. The number of aromatic nitrogens is 2. The van der Waals surface area contributed by atoms with E-state index in [1.54, 1.807) is 12.1 Å². The van der Waals surface area contributed by atoms with Gasteiger partial charge < -0.3 is 4.74 Å². The van der Waals surface area contributed by atoms with E-state index >= 15 is 0 Å². The fraction of sp³-hybridized carbons (Fsp3) is 0.154. The molecule has 2 rings (SSSR count). The van der Waals surface area contributed by atoms with Gasteiger partial charge in [-0.1, -0.05) is 41.9 Å². The lowest BCUT2D eigenvalue weighted by Crippen LogP contribution is -2.07. The zero-order chi connectivity index (χ0) is 13.0. The second kappa shape index (κ2) is 5.60. The molecule has 0 aliphatic rings. The number of Topliss-reactive ketones (excluding diaryl/α,β-unsaturated/α-hetero) is 1. The van der Waals surface area contributed by atoms with Gasteiger partial charge in [-0.15, -0.1) is 0 Å². The fourth-order valence-corrected chi connectivity index (χ4v) is 1.64. The molecule has 0 saturated carbocycles. The predicted octanol–water partition coefficient (Wildman–Crippen LogP) is 2.56. The molecule has 0 radical (unpaired) electrons. The van der Waals surface area contributed by atoms with E-state index in [1.807, 2.05) is 18.2 Å². The molecule has 0 atom stereocenters. The first-order valence-corrected chi connectivity index (χ1v) is 5.72. The maximum absolute atomic E-state index is 12.0. The maximum Gasteiger partial charge on any atom is 0.316 e. The molecule has 5 heteroatoms. The van der Waals surface area contributed by atoms with Crippen LogP contribution in [0.25, 0.3) is 0 Å². The quantitative estimate of drug-likeness (QED) is 0.795. The summed E-state index contributed by atoms with van der Waals surface area (Å²) in [5.41, 5.74) is 1.10. The minimum absolute atomic E-state index is 0.0433. The highest BCUT2D eigenvalue weighted by Crippen LogP contribution is 2.17. The number of hydrogen-bond donors (Lipinski definition) is 0. The summed E-state index contributed by atoms with van der Waals surface area (Å²) in [6.07, 6.45) is 1.56. The number of hydrogen-bond acceptors (Lipinski definition) is 4. The highest BCUT2D eigenvalue weighted by Gasteiger charge is 2.12. The van der Waals surface area contributed by atoms with Crippen molar-refractivity contribution in [3.63, 3.8) is 0 Å². The van der Waals surface area contributed by atoms with Gasteiger partial charge >= 0.3 is 6.01 Å². The summed E-state index contributed by atoms with van der Waals surface area (Å²) in [4.78, 5) is 19.9. The number of halogens is 1. The molecule has 0 unspecified atom stereocenters. The molecule has 1 aromatic heterocycles. The molecule has 0 amide bonds. The summed E-state index contributed by atoms with van der Waals surface area (Å²) in [6, 6.07) is 9.21. The second-order valence-corrected chi connectivity index (χ2v) is 4.02. The van der Waals surface area contributed by atoms with E-state index in [2.05, 4.69) is 9.97 Å². The van der Waals surface area contributed by atoms with Crippen LogP contribution in [0.5, 0.6) is 6.01 Å². The van der Waals surface area contributed by atoms with Crippen molar-refractivity contribution < 1.29 is 9.53 Å². The van der Waals surface area contributed by atoms with Crippen molar-refractivity contribution in [3.8, 4) is 6.01 Å². The Hall–Kier alpha value is -1.94. The third-order valence-corrected chi connectivity index (χ3v) is 2.72. The highest BCUT2D eigenvalue weighted by molar-refractivity contribution is 6.31. The molecule has 0 spiro atoms. The van der Waals surface area contributed by atoms with Crippen LogP contribution in [0.2, 0.25) is 5.02 Å². The van der Waals surface area contributed by atoms with Crippen molar-refractivity contribution in [2.45, 2.75) is 6.42 Å². The summed E-state index contributed by atoms with van der Waals surface area (Å²) < 4.78 is 4.90. The number of benzene rings is 1. The number of carbonyl (C=O) groups is 1. The zero-order valence-electron chi connectivity index (χ0n) is 9.76. The molecule has 0 N–H and O–H groups in total. The SMILES string of the molecule is COc1ncc(Cl)c(CC(=O)c2ccccc2)n1. The van der Waals surface area contributed by atoms with Crippen LogP contribution in [0.1, 0.15) is 16.1 Å². The van der Waals surface area contributed by atoms with E-state index in [-0.39, 0.29) is 18.2 Å². The highest BCUT2D eigenvalue weighted by atomic mass is 35.5. The van der Waals surface area contributed by atoms with Crippen molar-refractivity contribution in [3.05, 3.63) is 52.8 Å². The summed E-state index contributed by atoms with van der Waals surface area (Å²) in [6.45, 7) is 0.